The number of para-hydroxylation sites is 1. The molecule has 1 aliphatic carbocycles. The van der Waals surface area contributed by atoms with Crippen molar-refractivity contribution in [3.05, 3.63) is 118 Å². The van der Waals surface area contributed by atoms with Gasteiger partial charge in [-0.25, -0.2) is 4.79 Å². The Labute approximate surface area is 182 Å². The van der Waals surface area contributed by atoms with Gasteiger partial charge in [0, 0.05) is 24.7 Å². The number of anilines is 2. The van der Waals surface area contributed by atoms with Crippen LogP contribution in [0.2, 0.25) is 0 Å². The Kier molecular flexibility index (Phi) is 5.17. The van der Waals surface area contributed by atoms with Crippen LogP contribution in [0.5, 0.6) is 0 Å². The average molecular weight is 408 g/mol. The lowest BCUT2D eigenvalue weighted by molar-refractivity contribution is 0.415. The molecule has 0 aliphatic heterocycles. The molecule has 1 heterocycles. The lowest BCUT2D eigenvalue weighted by Crippen LogP contribution is -2.23. The third-order valence-electron chi connectivity index (χ3n) is 6.26. The monoisotopic (exact) mass is 407 g/mol. The fraction of sp³-hybridized carbons (Fsp3) is 0.179. The first-order valence-corrected chi connectivity index (χ1v) is 10.8. The molecule has 1 aliphatic rings. The van der Waals surface area contributed by atoms with Crippen LogP contribution in [0.15, 0.2) is 100 Å². The van der Waals surface area contributed by atoms with Crippen molar-refractivity contribution in [2.75, 3.05) is 11.9 Å². The van der Waals surface area contributed by atoms with E-state index < -0.39 is 0 Å². The van der Waals surface area contributed by atoms with Crippen LogP contribution in [0.1, 0.15) is 29.2 Å². The highest BCUT2D eigenvalue weighted by atomic mass is 16.4. The number of aryl methyl sites for hydroxylation is 1. The zero-order chi connectivity index (χ0) is 21.2. The summed E-state index contributed by atoms with van der Waals surface area (Å²) in [5.74, 6) is 1.24. The fourth-order valence-corrected chi connectivity index (χ4v) is 4.69. The van der Waals surface area contributed by atoms with Crippen molar-refractivity contribution in [3.63, 3.8) is 0 Å². The Morgan fingerprint density at radius 3 is 2.13 bits per heavy atom. The molecular formula is C28H25NO2. The molecule has 1 aromatic heterocycles. The van der Waals surface area contributed by atoms with E-state index in [1.54, 1.807) is 0 Å². The molecule has 5 rings (SSSR count). The van der Waals surface area contributed by atoms with Gasteiger partial charge in [-0.3, -0.25) is 0 Å². The number of hydrogen-bond acceptors (Lipinski definition) is 3. The van der Waals surface area contributed by atoms with Crippen LogP contribution in [-0.4, -0.2) is 7.05 Å². The zero-order valence-corrected chi connectivity index (χ0v) is 17.6. The molecular weight excluding hydrogens is 382 g/mol. The summed E-state index contributed by atoms with van der Waals surface area (Å²) >= 11 is 0. The van der Waals surface area contributed by atoms with Gasteiger partial charge in [-0.2, -0.15) is 0 Å². The second-order valence-electron chi connectivity index (χ2n) is 8.13. The van der Waals surface area contributed by atoms with E-state index in [9.17, 15) is 4.79 Å². The van der Waals surface area contributed by atoms with Gasteiger partial charge in [0.25, 0.3) is 0 Å². The molecule has 0 saturated heterocycles. The molecule has 3 heteroatoms. The van der Waals surface area contributed by atoms with Crippen LogP contribution in [-0.2, 0) is 12.8 Å². The minimum Gasteiger partial charge on any atom is -0.427 e. The minimum atomic E-state index is -0.263. The van der Waals surface area contributed by atoms with Gasteiger partial charge in [0.15, 0.2) is 0 Å². The van der Waals surface area contributed by atoms with Crippen molar-refractivity contribution >= 4 is 11.4 Å². The molecule has 0 bridgehead atoms. The van der Waals surface area contributed by atoms with E-state index in [1.165, 1.54) is 5.56 Å². The standard InChI is InChI=1S/C28H25NO2/c1-29(23-15-9-4-10-16-23)27-24-19-22(20-11-5-2-6-12-20)17-18-25(24)31-28(30)26(27)21-13-7-3-8-14-21/h2-16,22H,17-19H2,1H3. The largest absolute Gasteiger partial charge is 0.427 e. The van der Waals surface area contributed by atoms with Crippen LogP contribution in [0.25, 0.3) is 11.1 Å². The van der Waals surface area contributed by atoms with E-state index in [4.69, 9.17) is 4.42 Å². The van der Waals surface area contributed by atoms with Crippen molar-refractivity contribution in [3.8, 4) is 11.1 Å². The predicted molar refractivity (Wildman–Crippen MR) is 126 cm³/mol. The lowest BCUT2D eigenvalue weighted by atomic mass is 9.81. The molecule has 31 heavy (non-hydrogen) atoms. The second-order valence-corrected chi connectivity index (χ2v) is 8.13. The fourth-order valence-electron chi connectivity index (χ4n) is 4.69. The maximum absolute atomic E-state index is 13.2. The van der Waals surface area contributed by atoms with Gasteiger partial charge in [0.2, 0.25) is 0 Å². The Balaban J connectivity index is 1.71. The quantitative estimate of drug-likeness (QED) is 0.395. The van der Waals surface area contributed by atoms with Gasteiger partial charge in [-0.15, -0.1) is 0 Å². The molecule has 0 N–H and O–H groups in total. The summed E-state index contributed by atoms with van der Waals surface area (Å²) in [5.41, 5.74) is 5.76. The molecule has 0 saturated carbocycles. The summed E-state index contributed by atoms with van der Waals surface area (Å²) in [4.78, 5) is 15.4. The Morgan fingerprint density at radius 2 is 1.45 bits per heavy atom. The first-order chi connectivity index (χ1) is 15.2. The third kappa shape index (κ3) is 3.68. The SMILES string of the molecule is CN(c1ccccc1)c1c2c(oc(=O)c1-c1ccccc1)CCC(c1ccccc1)C2. The van der Waals surface area contributed by atoms with E-state index in [0.29, 0.717) is 11.5 Å². The first kappa shape index (κ1) is 19.4. The molecule has 1 atom stereocenters. The molecule has 154 valence electrons. The minimum absolute atomic E-state index is 0.263. The summed E-state index contributed by atoms with van der Waals surface area (Å²) in [6.07, 6.45) is 2.61. The van der Waals surface area contributed by atoms with Gasteiger partial charge in [0.05, 0.1) is 11.3 Å². The number of fused-ring (bicyclic) bond motifs is 1. The maximum Gasteiger partial charge on any atom is 0.345 e. The topological polar surface area (TPSA) is 33.5 Å². The first-order valence-electron chi connectivity index (χ1n) is 10.8. The van der Waals surface area contributed by atoms with Crippen LogP contribution in [0.3, 0.4) is 0 Å². The van der Waals surface area contributed by atoms with Gasteiger partial charge >= 0.3 is 5.63 Å². The molecule has 0 amide bonds. The van der Waals surface area contributed by atoms with Crippen molar-refractivity contribution < 1.29 is 4.42 Å². The smallest absolute Gasteiger partial charge is 0.345 e. The summed E-state index contributed by atoms with van der Waals surface area (Å²) < 4.78 is 5.91. The number of nitrogens with zero attached hydrogens (tertiary/aromatic N) is 1. The summed E-state index contributed by atoms with van der Waals surface area (Å²) in [7, 11) is 2.04. The van der Waals surface area contributed by atoms with Crippen molar-refractivity contribution in [1.29, 1.82) is 0 Å². The van der Waals surface area contributed by atoms with Gasteiger partial charge in [-0.05, 0) is 42.0 Å². The molecule has 4 aromatic rings. The van der Waals surface area contributed by atoms with Crippen molar-refractivity contribution in [2.45, 2.75) is 25.2 Å². The summed E-state index contributed by atoms with van der Waals surface area (Å²) in [6, 6.07) is 30.7. The predicted octanol–water partition coefficient (Wildman–Crippen LogP) is 6.35. The average Bonchev–Trinajstić information content (AvgIpc) is 2.84. The Morgan fingerprint density at radius 1 is 0.839 bits per heavy atom. The van der Waals surface area contributed by atoms with Crippen molar-refractivity contribution in [2.24, 2.45) is 0 Å². The van der Waals surface area contributed by atoms with Gasteiger partial charge in [-0.1, -0.05) is 78.9 Å². The van der Waals surface area contributed by atoms with E-state index in [2.05, 4.69) is 47.4 Å². The zero-order valence-electron chi connectivity index (χ0n) is 17.6. The molecule has 0 spiro atoms. The van der Waals surface area contributed by atoms with Crippen LogP contribution >= 0.6 is 0 Å². The molecule has 3 nitrogen and oxygen atoms in total. The molecule has 0 radical (unpaired) electrons. The van der Waals surface area contributed by atoms with Crippen LogP contribution in [0, 0.1) is 0 Å². The van der Waals surface area contributed by atoms with E-state index >= 15 is 0 Å². The van der Waals surface area contributed by atoms with Crippen LogP contribution in [0.4, 0.5) is 11.4 Å². The molecule has 1 unspecified atom stereocenters. The lowest BCUT2D eigenvalue weighted by Gasteiger charge is -2.31. The highest BCUT2D eigenvalue weighted by molar-refractivity contribution is 5.84. The van der Waals surface area contributed by atoms with E-state index in [-0.39, 0.29) is 5.63 Å². The van der Waals surface area contributed by atoms with E-state index in [1.807, 2.05) is 55.6 Å². The number of hydrogen-bond donors (Lipinski definition) is 0. The summed E-state index contributed by atoms with van der Waals surface area (Å²) in [6.45, 7) is 0. The number of benzene rings is 3. The number of rotatable bonds is 4. The maximum atomic E-state index is 13.2. The second kappa shape index (κ2) is 8.27. The Hall–Kier alpha value is -3.59. The summed E-state index contributed by atoms with van der Waals surface area (Å²) in [5, 5.41) is 0. The van der Waals surface area contributed by atoms with Crippen molar-refractivity contribution in [1.82, 2.24) is 0 Å². The highest BCUT2D eigenvalue weighted by Crippen LogP contribution is 2.42. The Bertz CT molecular complexity index is 1230. The van der Waals surface area contributed by atoms with Crippen LogP contribution < -0.4 is 10.5 Å². The highest BCUT2D eigenvalue weighted by Gasteiger charge is 2.30. The third-order valence-corrected chi connectivity index (χ3v) is 6.26. The molecule has 0 fully saturated rings. The molecule has 3 aromatic carbocycles. The normalized spacial score (nSPS) is 15.3. The van der Waals surface area contributed by atoms with Gasteiger partial charge < -0.3 is 9.32 Å². The van der Waals surface area contributed by atoms with Gasteiger partial charge in [0.1, 0.15) is 5.76 Å². The van der Waals surface area contributed by atoms with E-state index in [0.717, 1.165) is 47.5 Å².